The maximum atomic E-state index is 12.3. The van der Waals surface area contributed by atoms with Gasteiger partial charge in [-0.15, -0.1) is 0 Å². The number of ether oxygens (including phenoxy) is 4. The topological polar surface area (TPSA) is 54.0 Å². The number of rotatable bonds is 3. The van der Waals surface area contributed by atoms with E-state index in [2.05, 4.69) is 0 Å². The van der Waals surface area contributed by atoms with Crippen molar-refractivity contribution in [3.8, 4) is 0 Å². The number of hydrogen-bond donors (Lipinski definition) is 0. The molecule has 19 heavy (non-hydrogen) atoms. The predicted molar refractivity (Wildman–Crippen MR) is 69.3 cm³/mol. The molecule has 5 nitrogen and oxygen atoms in total. The third-order valence-corrected chi connectivity index (χ3v) is 5.47. The van der Waals surface area contributed by atoms with Crippen molar-refractivity contribution in [1.82, 2.24) is 0 Å². The number of fused-ring (bicyclic) bond motifs is 1. The quantitative estimate of drug-likeness (QED) is 0.784. The van der Waals surface area contributed by atoms with Gasteiger partial charge in [-0.25, -0.2) is 0 Å². The first-order chi connectivity index (χ1) is 9.05. The monoisotopic (exact) mass is 288 g/mol. The largest absolute Gasteiger partial charge is 0.355 e. The van der Waals surface area contributed by atoms with Crippen LogP contribution < -0.4 is 0 Å². The van der Waals surface area contributed by atoms with Gasteiger partial charge in [-0.05, 0) is 19.6 Å². The molecule has 0 spiro atoms. The molecule has 0 N–H and O–H groups in total. The van der Waals surface area contributed by atoms with E-state index in [1.54, 1.807) is 14.2 Å². The number of thioether (sulfide) groups is 1. The Morgan fingerprint density at radius 2 is 1.79 bits per heavy atom. The summed E-state index contributed by atoms with van der Waals surface area (Å²) >= 11 is 1.28. The number of methoxy groups -OCH3 is 2. The fraction of sp³-hybridized carbons (Fsp3) is 0.923. The SMILES string of the molecule is CO[C@H]1O[C@]2(C)O[C@@H](OC)[C@@H]3C[C@H]1[C@H](C(=O)SC)[C@@H]32. The van der Waals surface area contributed by atoms with E-state index < -0.39 is 5.79 Å². The van der Waals surface area contributed by atoms with Gasteiger partial charge in [0.1, 0.15) is 0 Å². The highest BCUT2D eigenvalue weighted by molar-refractivity contribution is 8.13. The number of carbonyl (C=O) groups excluding carboxylic acids is 1. The molecule has 2 bridgehead atoms. The van der Waals surface area contributed by atoms with Crippen LogP contribution in [0.1, 0.15) is 13.3 Å². The van der Waals surface area contributed by atoms with Gasteiger partial charge in [0.25, 0.3) is 0 Å². The van der Waals surface area contributed by atoms with E-state index in [-0.39, 0.29) is 41.4 Å². The van der Waals surface area contributed by atoms with E-state index in [0.29, 0.717) is 0 Å². The van der Waals surface area contributed by atoms with Crippen LogP contribution in [0.2, 0.25) is 0 Å². The lowest BCUT2D eigenvalue weighted by atomic mass is 9.81. The lowest BCUT2D eigenvalue weighted by Crippen LogP contribution is -2.52. The Hall–Kier alpha value is -0.140. The molecule has 0 aromatic rings. The van der Waals surface area contributed by atoms with E-state index in [9.17, 15) is 4.79 Å². The zero-order chi connectivity index (χ0) is 13.8. The molecule has 0 unspecified atom stereocenters. The molecule has 2 heterocycles. The first-order valence-corrected chi connectivity index (χ1v) is 7.77. The summed E-state index contributed by atoms with van der Waals surface area (Å²) in [6.07, 6.45) is 2.03. The van der Waals surface area contributed by atoms with Crippen molar-refractivity contribution in [2.45, 2.75) is 31.7 Å². The van der Waals surface area contributed by atoms with E-state index in [0.717, 1.165) is 6.42 Å². The predicted octanol–water partition coefficient (Wildman–Crippen LogP) is 1.47. The van der Waals surface area contributed by atoms with Crippen LogP contribution in [-0.4, -0.2) is 44.0 Å². The highest BCUT2D eigenvalue weighted by Gasteiger charge is 2.69. The van der Waals surface area contributed by atoms with Gasteiger partial charge in [0.05, 0.1) is 0 Å². The lowest BCUT2D eigenvalue weighted by molar-refractivity contribution is -0.359. The van der Waals surface area contributed by atoms with Crippen molar-refractivity contribution >= 4 is 16.9 Å². The van der Waals surface area contributed by atoms with E-state index >= 15 is 0 Å². The minimum atomic E-state index is -0.783. The average Bonchev–Trinajstić information content (AvgIpc) is 2.89. The van der Waals surface area contributed by atoms with Gasteiger partial charge in [0, 0.05) is 37.9 Å². The minimum absolute atomic E-state index is 0.0637. The summed E-state index contributed by atoms with van der Waals surface area (Å²) in [5, 5.41) is 0.203. The highest BCUT2D eigenvalue weighted by atomic mass is 32.2. The Bertz CT molecular complexity index is 389. The second-order valence-electron chi connectivity index (χ2n) is 5.60. The van der Waals surface area contributed by atoms with Crippen LogP contribution in [0.4, 0.5) is 0 Å². The molecule has 3 rings (SSSR count). The zero-order valence-corrected chi connectivity index (χ0v) is 12.4. The number of hydrogen-bond acceptors (Lipinski definition) is 6. The first-order valence-electron chi connectivity index (χ1n) is 6.54. The van der Waals surface area contributed by atoms with Crippen molar-refractivity contribution in [1.29, 1.82) is 0 Å². The van der Waals surface area contributed by atoms with Gasteiger partial charge < -0.3 is 18.9 Å². The van der Waals surface area contributed by atoms with Crippen molar-refractivity contribution < 1.29 is 23.7 Å². The fourth-order valence-corrected chi connectivity index (χ4v) is 4.73. The molecule has 3 aliphatic rings. The van der Waals surface area contributed by atoms with Crippen molar-refractivity contribution in [3.63, 3.8) is 0 Å². The van der Waals surface area contributed by atoms with Crippen LogP contribution in [0.15, 0.2) is 0 Å². The summed E-state index contributed by atoms with van der Waals surface area (Å²) in [6.45, 7) is 1.90. The third kappa shape index (κ3) is 1.81. The normalized spacial score (nSPS) is 51.6. The second-order valence-corrected chi connectivity index (χ2v) is 6.41. The Labute approximate surface area is 117 Å². The highest BCUT2D eigenvalue weighted by Crippen LogP contribution is 2.61. The van der Waals surface area contributed by atoms with Crippen LogP contribution in [-0.2, 0) is 23.7 Å². The standard InChI is InChI=1S/C13H20O5S/c1-13-9-7(12(16-3)18-13)5-6(11(15-2)17-13)8(9)10(14)19-4/h6-9,11-12H,5H2,1-4H3/t6-,7+,8-,9+,11-,12+,13+/m0/s1. The molecule has 7 atom stereocenters. The Balaban J connectivity index is 1.99. The zero-order valence-electron chi connectivity index (χ0n) is 11.6. The van der Waals surface area contributed by atoms with Gasteiger partial charge in [0.15, 0.2) is 23.5 Å². The lowest BCUT2D eigenvalue weighted by Gasteiger charge is -2.43. The van der Waals surface area contributed by atoms with E-state index in [4.69, 9.17) is 18.9 Å². The molecule has 2 aliphatic heterocycles. The first kappa shape index (κ1) is 13.8. The van der Waals surface area contributed by atoms with Gasteiger partial charge in [-0.2, -0.15) is 0 Å². The summed E-state index contributed by atoms with van der Waals surface area (Å²) in [6, 6.07) is 0. The molecule has 108 valence electrons. The molecule has 6 heteroatoms. The average molecular weight is 288 g/mol. The molecule has 3 fully saturated rings. The van der Waals surface area contributed by atoms with Gasteiger partial charge in [0.2, 0.25) is 0 Å². The Morgan fingerprint density at radius 1 is 1.21 bits per heavy atom. The van der Waals surface area contributed by atoms with E-state index in [1.807, 2.05) is 13.2 Å². The summed E-state index contributed by atoms with van der Waals surface area (Å²) in [7, 11) is 3.26. The minimum Gasteiger partial charge on any atom is -0.355 e. The molecule has 1 saturated carbocycles. The van der Waals surface area contributed by atoms with Gasteiger partial charge in [-0.3, -0.25) is 4.79 Å². The smallest absolute Gasteiger partial charge is 0.192 e. The summed E-state index contributed by atoms with van der Waals surface area (Å²) < 4.78 is 22.7. The Kier molecular flexibility index (Phi) is 3.42. The van der Waals surface area contributed by atoms with Crippen LogP contribution in [0.25, 0.3) is 0 Å². The van der Waals surface area contributed by atoms with Crippen LogP contribution in [0.3, 0.4) is 0 Å². The second kappa shape index (κ2) is 4.70. The maximum Gasteiger partial charge on any atom is 0.192 e. The van der Waals surface area contributed by atoms with Crippen molar-refractivity contribution in [3.05, 3.63) is 0 Å². The number of carbonyl (C=O) groups is 1. The summed E-state index contributed by atoms with van der Waals surface area (Å²) in [5.41, 5.74) is 0. The maximum absolute atomic E-state index is 12.3. The molecule has 1 aliphatic carbocycles. The molecule has 2 saturated heterocycles. The van der Waals surface area contributed by atoms with Crippen LogP contribution in [0, 0.1) is 23.7 Å². The summed E-state index contributed by atoms with van der Waals surface area (Å²) in [4.78, 5) is 12.3. The third-order valence-electron chi connectivity index (χ3n) is 4.80. The molecule has 0 amide bonds. The van der Waals surface area contributed by atoms with Crippen molar-refractivity contribution in [2.24, 2.45) is 23.7 Å². The van der Waals surface area contributed by atoms with Crippen LogP contribution in [0.5, 0.6) is 0 Å². The van der Waals surface area contributed by atoms with E-state index in [1.165, 1.54) is 11.8 Å². The molecule has 0 radical (unpaired) electrons. The Morgan fingerprint density at radius 3 is 2.32 bits per heavy atom. The van der Waals surface area contributed by atoms with Crippen LogP contribution >= 0.6 is 11.8 Å². The molecular formula is C13H20O5S. The molecular weight excluding hydrogens is 268 g/mol. The van der Waals surface area contributed by atoms with Gasteiger partial charge in [-0.1, -0.05) is 11.8 Å². The van der Waals surface area contributed by atoms with Crippen molar-refractivity contribution in [2.75, 3.05) is 20.5 Å². The fourth-order valence-electron chi connectivity index (χ4n) is 4.14. The molecule has 0 aromatic heterocycles. The van der Waals surface area contributed by atoms with Gasteiger partial charge >= 0.3 is 0 Å². The molecule has 0 aromatic carbocycles. The summed E-state index contributed by atoms with van der Waals surface area (Å²) in [5.74, 6) is -0.469.